The van der Waals surface area contributed by atoms with Gasteiger partial charge in [-0.1, -0.05) is 6.07 Å². The van der Waals surface area contributed by atoms with Crippen LogP contribution in [0.2, 0.25) is 0 Å². The molecule has 4 heteroatoms. The van der Waals surface area contributed by atoms with Gasteiger partial charge in [-0.15, -0.1) is 0 Å². The fraction of sp³-hybridized carbons (Fsp3) is 0.533. The van der Waals surface area contributed by atoms with Gasteiger partial charge in [-0.05, 0) is 44.0 Å². The third-order valence-electron chi connectivity index (χ3n) is 3.33. The van der Waals surface area contributed by atoms with Crippen molar-refractivity contribution in [3.8, 4) is 0 Å². The minimum atomic E-state index is -0.510. The van der Waals surface area contributed by atoms with Gasteiger partial charge in [-0.2, -0.15) is 0 Å². The summed E-state index contributed by atoms with van der Waals surface area (Å²) in [5.41, 5.74) is 2.44. The maximum Gasteiger partial charge on any atom is 0.251 e. The van der Waals surface area contributed by atoms with E-state index in [1.165, 1.54) is 5.56 Å². The van der Waals surface area contributed by atoms with Crippen LogP contribution in [0.15, 0.2) is 18.2 Å². The van der Waals surface area contributed by atoms with E-state index >= 15 is 0 Å². The first-order valence-corrected chi connectivity index (χ1v) is 6.31. The minimum absolute atomic E-state index is 0.0949. The van der Waals surface area contributed by atoms with E-state index in [0.717, 1.165) is 5.56 Å². The van der Waals surface area contributed by atoms with Crippen LogP contribution in [-0.2, 0) is 9.47 Å². The van der Waals surface area contributed by atoms with E-state index in [1.54, 1.807) is 14.2 Å². The van der Waals surface area contributed by atoms with Crippen molar-refractivity contribution in [3.05, 3.63) is 34.9 Å². The smallest absolute Gasteiger partial charge is 0.251 e. The standard InChI is InChI=1S/C15H23NO3/c1-11-6-7-13(8-12(11)2)14(17)16-9-15(3,19-5)10-18-4/h6-8H,9-10H2,1-5H3,(H,16,17)/t15-/m1/s1. The quantitative estimate of drug-likeness (QED) is 0.856. The van der Waals surface area contributed by atoms with E-state index in [9.17, 15) is 4.79 Å². The molecule has 1 aromatic carbocycles. The molecule has 0 unspecified atom stereocenters. The molecule has 0 radical (unpaired) electrons. The highest BCUT2D eigenvalue weighted by Gasteiger charge is 2.24. The Morgan fingerprint density at radius 1 is 1.26 bits per heavy atom. The molecule has 0 aromatic heterocycles. The molecular weight excluding hydrogens is 242 g/mol. The highest BCUT2D eigenvalue weighted by atomic mass is 16.5. The Morgan fingerprint density at radius 3 is 2.47 bits per heavy atom. The highest BCUT2D eigenvalue weighted by Crippen LogP contribution is 2.11. The summed E-state index contributed by atoms with van der Waals surface area (Å²) in [4.78, 5) is 12.1. The van der Waals surface area contributed by atoms with Crippen LogP contribution < -0.4 is 5.32 Å². The number of carbonyl (C=O) groups is 1. The van der Waals surface area contributed by atoms with Crippen molar-refractivity contribution in [1.29, 1.82) is 0 Å². The first-order chi connectivity index (χ1) is 8.91. The summed E-state index contributed by atoms with van der Waals surface area (Å²) in [6.07, 6.45) is 0. The second-order valence-electron chi connectivity index (χ2n) is 5.07. The van der Waals surface area contributed by atoms with E-state index in [4.69, 9.17) is 9.47 Å². The highest BCUT2D eigenvalue weighted by molar-refractivity contribution is 5.94. The lowest BCUT2D eigenvalue weighted by atomic mass is 10.0. The monoisotopic (exact) mass is 265 g/mol. The van der Waals surface area contributed by atoms with Crippen molar-refractivity contribution >= 4 is 5.91 Å². The maximum atomic E-state index is 12.1. The van der Waals surface area contributed by atoms with E-state index in [2.05, 4.69) is 5.32 Å². The summed E-state index contributed by atoms with van der Waals surface area (Å²) in [6, 6.07) is 5.68. The zero-order valence-electron chi connectivity index (χ0n) is 12.4. The summed E-state index contributed by atoms with van der Waals surface area (Å²) >= 11 is 0. The number of carbonyl (C=O) groups excluding carboxylic acids is 1. The van der Waals surface area contributed by atoms with Gasteiger partial charge in [0.2, 0.25) is 0 Å². The lowest BCUT2D eigenvalue weighted by Gasteiger charge is -2.27. The van der Waals surface area contributed by atoms with Crippen molar-refractivity contribution in [2.45, 2.75) is 26.4 Å². The molecule has 106 valence electrons. The normalized spacial score (nSPS) is 13.9. The predicted molar refractivity (Wildman–Crippen MR) is 75.5 cm³/mol. The number of rotatable bonds is 6. The van der Waals surface area contributed by atoms with Crippen molar-refractivity contribution in [2.24, 2.45) is 0 Å². The Morgan fingerprint density at radius 2 is 1.95 bits per heavy atom. The molecule has 19 heavy (non-hydrogen) atoms. The van der Waals surface area contributed by atoms with Crippen LogP contribution >= 0.6 is 0 Å². The Hall–Kier alpha value is -1.39. The van der Waals surface area contributed by atoms with Crippen molar-refractivity contribution in [2.75, 3.05) is 27.4 Å². The molecule has 1 N–H and O–H groups in total. The first-order valence-electron chi connectivity index (χ1n) is 6.31. The molecule has 0 aliphatic heterocycles. The Labute approximate surface area is 115 Å². The number of hydrogen-bond acceptors (Lipinski definition) is 3. The SMILES string of the molecule is COC[C@@](C)(CNC(=O)c1ccc(C)c(C)c1)OC. The fourth-order valence-corrected chi connectivity index (χ4v) is 1.74. The van der Waals surface area contributed by atoms with E-state index in [0.29, 0.717) is 18.7 Å². The van der Waals surface area contributed by atoms with Crippen LogP contribution in [0.25, 0.3) is 0 Å². The molecule has 1 atom stereocenters. The van der Waals surface area contributed by atoms with Gasteiger partial charge in [-0.25, -0.2) is 0 Å². The van der Waals surface area contributed by atoms with E-state index in [-0.39, 0.29) is 5.91 Å². The zero-order valence-corrected chi connectivity index (χ0v) is 12.4. The average Bonchev–Trinajstić information content (AvgIpc) is 2.39. The summed E-state index contributed by atoms with van der Waals surface area (Å²) in [5.74, 6) is -0.0949. The molecule has 0 aliphatic rings. The Bertz CT molecular complexity index is 445. The van der Waals surface area contributed by atoms with Crippen LogP contribution in [0.1, 0.15) is 28.4 Å². The molecule has 0 saturated carbocycles. The first kappa shape index (κ1) is 15.7. The molecule has 0 saturated heterocycles. The van der Waals surface area contributed by atoms with Crippen LogP contribution in [-0.4, -0.2) is 38.9 Å². The molecule has 0 aliphatic carbocycles. The number of amides is 1. The topological polar surface area (TPSA) is 47.6 Å². The number of methoxy groups -OCH3 is 2. The number of ether oxygens (including phenoxy) is 2. The summed E-state index contributed by atoms with van der Waals surface area (Å²) in [6.45, 7) is 6.75. The third-order valence-corrected chi connectivity index (χ3v) is 3.33. The molecule has 1 amide bonds. The molecule has 0 spiro atoms. The van der Waals surface area contributed by atoms with Crippen LogP contribution in [0.3, 0.4) is 0 Å². The Kier molecular flexibility index (Phi) is 5.51. The van der Waals surface area contributed by atoms with Gasteiger partial charge in [0.05, 0.1) is 6.61 Å². The summed E-state index contributed by atoms with van der Waals surface area (Å²) < 4.78 is 10.5. The molecule has 0 heterocycles. The van der Waals surface area contributed by atoms with E-state index in [1.807, 2.05) is 39.0 Å². The predicted octanol–water partition coefficient (Wildman–Crippen LogP) is 2.08. The number of benzene rings is 1. The van der Waals surface area contributed by atoms with Crippen LogP contribution in [0.5, 0.6) is 0 Å². The lowest BCUT2D eigenvalue weighted by Crippen LogP contribution is -2.45. The molecular formula is C15H23NO3. The largest absolute Gasteiger partial charge is 0.382 e. The van der Waals surface area contributed by atoms with Crippen LogP contribution in [0, 0.1) is 13.8 Å². The van der Waals surface area contributed by atoms with Crippen molar-refractivity contribution < 1.29 is 14.3 Å². The number of hydrogen-bond donors (Lipinski definition) is 1. The van der Waals surface area contributed by atoms with Gasteiger partial charge in [0.1, 0.15) is 5.60 Å². The molecule has 4 nitrogen and oxygen atoms in total. The summed E-state index contributed by atoms with van der Waals surface area (Å²) in [5, 5.41) is 2.88. The van der Waals surface area contributed by atoms with Crippen molar-refractivity contribution in [1.82, 2.24) is 5.32 Å². The maximum absolute atomic E-state index is 12.1. The van der Waals surface area contributed by atoms with E-state index < -0.39 is 5.60 Å². The molecule has 1 aromatic rings. The number of aryl methyl sites for hydroxylation is 2. The Balaban J connectivity index is 2.67. The molecule has 0 fully saturated rings. The second-order valence-corrected chi connectivity index (χ2v) is 5.07. The second kappa shape index (κ2) is 6.68. The van der Waals surface area contributed by atoms with Gasteiger partial charge in [0.25, 0.3) is 5.91 Å². The van der Waals surface area contributed by atoms with Gasteiger partial charge in [-0.3, -0.25) is 4.79 Å². The van der Waals surface area contributed by atoms with Gasteiger partial charge < -0.3 is 14.8 Å². The average molecular weight is 265 g/mol. The molecule has 0 bridgehead atoms. The van der Waals surface area contributed by atoms with Crippen molar-refractivity contribution in [3.63, 3.8) is 0 Å². The van der Waals surface area contributed by atoms with Gasteiger partial charge >= 0.3 is 0 Å². The third kappa shape index (κ3) is 4.33. The van der Waals surface area contributed by atoms with Gasteiger partial charge in [0, 0.05) is 26.3 Å². The number of nitrogens with one attached hydrogen (secondary N) is 1. The van der Waals surface area contributed by atoms with Crippen LogP contribution in [0.4, 0.5) is 0 Å². The molecule has 1 rings (SSSR count). The minimum Gasteiger partial charge on any atom is -0.382 e. The van der Waals surface area contributed by atoms with Gasteiger partial charge in [0.15, 0.2) is 0 Å². The fourth-order valence-electron chi connectivity index (χ4n) is 1.74. The zero-order chi connectivity index (χ0) is 14.5. The lowest BCUT2D eigenvalue weighted by molar-refractivity contribution is -0.0479. The summed E-state index contributed by atoms with van der Waals surface area (Å²) in [7, 11) is 3.23.